The summed E-state index contributed by atoms with van der Waals surface area (Å²) in [6.45, 7) is 0. The zero-order chi connectivity index (χ0) is 15.1. The van der Waals surface area contributed by atoms with Crippen molar-refractivity contribution in [3.8, 4) is 11.5 Å². The molecule has 0 radical (unpaired) electrons. The topological polar surface area (TPSA) is 127 Å². The molecular formula is C12H10N2O6. The smallest absolute Gasteiger partial charge is 0.310 e. The van der Waals surface area contributed by atoms with Crippen LogP contribution in [0.5, 0.6) is 11.5 Å². The number of benzene rings is 2. The van der Waals surface area contributed by atoms with Gasteiger partial charge in [0.05, 0.1) is 9.85 Å². The van der Waals surface area contributed by atoms with Gasteiger partial charge in [-0.1, -0.05) is 24.3 Å². The third kappa shape index (κ3) is 3.95. The van der Waals surface area contributed by atoms with Crippen LogP contribution in [0.4, 0.5) is 11.4 Å². The van der Waals surface area contributed by atoms with Crippen molar-refractivity contribution in [1.82, 2.24) is 0 Å². The quantitative estimate of drug-likeness (QED) is 0.642. The Hall–Kier alpha value is -3.16. The van der Waals surface area contributed by atoms with Gasteiger partial charge in [-0.3, -0.25) is 20.2 Å². The molecule has 2 N–H and O–H groups in total. The lowest BCUT2D eigenvalue weighted by Gasteiger charge is -1.91. The maximum Gasteiger partial charge on any atom is 0.310 e. The van der Waals surface area contributed by atoms with Crippen LogP contribution in [-0.2, 0) is 0 Å². The lowest BCUT2D eigenvalue weighted by atomic mass is 10.3. The second kappa shape index (κ2) is 6.69. The van der Waals surface area contributed by atoms with Gasteiger partial charge in [-0.05, 0) is 12.1 Å². The summed E-state index contributed by atoms with van der Waals surface area (Å²) < 4.78 is 0. The van der Waals surface area contributed by atoms with Crippen LogP contribution in [0.15, 0.2) is 48.5 Å². The average molecular weight is 278 g/mol. The van der Waals surface area contributed by atoms with Gasteiger partial charge in [-0.25, -0.2) is 0 Å². The van der Waals surface area contributed by atoms with E-state index in [4.69, 9.17) is 10.2 Å². The minimum absolute atomic E-state index is 0.262. The number of nitrogens with zero attached hydrogens (tertiary/aromatic N) is 2. The Morgan fingerprint density at radius 1 is 0.700 bits per heavy atom. The predicted octanol–water partition coefficient (Wildman–Crippen LogP) is 2.60. The highest BCUT2D eigenvalue weighted by Gasteiger charge is 2.09. The Bertz CT molecular complexity index is 573. The molecule has 8 heteroatoms. The number of nitro groups is 2. The van der Waals surface area contributed by atoms with Gasteiger partial charge in [0.1, 0.15) is 0 Å². The van der Waals surface area contributed by atoms with Crippen molar-refractivity contribution in [3.63, 3.8) is 0 Å². The Morgan fingerprint density at radius 3 is 1.20 bits per heavy atom. The minimum atomic E-state index is -0.630. The molecule has 0 atom stereocenters. The molecule has 0 aliphatic heterocycles. The van der Waals surface area contributed by atoms with E-state index in [0.717, 1.165) is 0 Å². The monoisotopic (exact) mass is 278 g/mol. The van der Waals surface area contributed by atoms with Crippen LogP contribution in [0, 0.1) is 20.2 Å². The molecule has 2 aromatic rings. The summed E-state index contributed by atoms with van der Waals surface area (Å²) in [5, 5.41) is 37.8. The van der Waals surface area contributed by atoms with E-state index < -0.39 is 9.85 Å². The molecule has 0 saturated heterocycles. The molecule has 0 fully saturated rings. The molecule has 2 rings (SSSR count). The third-order valence-electron chi connectivity index (χ3n) is 2.16. The Kier molecular flexibility index (Phi) is 4.98. The summed E-state index contributed by atoms with van der Waals surface area (Å²) in [5.74, 6) is -0.597. The van der Waals surface area contributed by atoms with Crippen molar-refractivity contribution in [2.45, 2.75) is 0 Å². The van der Waals surface area contributed by atoms with Gasteiger partial charge in [0.2, 0.25) is 0 Å². The molecule has 8 nitrogen and oxygen atoms in total. The van der Waals surface area contributed by atoms with E-state index in [2.05, 4.69) is 0 Å². The van der Waals surface area contributed by atoms with Crippen molar-refractivity contribution in [2.75, 3.05) is 0 Å². The van der Waals surface area contributed by atoms with E-state index in [-0.39, 0.29) is 22.9 Å². The van der Waals surface area contributed by atoms with Gasteiger partial charge in [0.25, 0.3) is 0 Å². The van der Waals surface area contributed by atoms with Gasteiger partial charge in [0, 0.05) is 12.1 Å². The standard InChI is InChI=1S/2C6H5NO3/c2*8-6-4-2-1-3-5(6)7(9)10/h2*1-4,8H. The summed E-state index contributed by atoms with van der Waals surface area (Å²) in [4.78, 5) is 18.9. The molecule has 0 aliphatic rings. The normalized spacial score (nSPS) is 9.20. The lowest BCUT2D eigenvalue weighted by molar-refractivity contribution is -0.386. The Balaban J connectivity index is 0.000000200. The van der Waals surface area contributed by atoms with Crippen LogP contribution in [0.2, 0.25) is 0 Å². The number of hydrogen-bond donors (Lipinski definition) is 2. The molecule has 0 unspecified atom stereocenters. The molecule has 0 spiro atoms. The predicted molar refractivity (Wildman–Crippen MR) is 69.5 cm³/mol. The molecule has 0 heterocycles. The maximum atomic E-state index is 10.1. The first kappa shape index (κ1) is 14.9. The largest absolute Gasteiger partial charge is 0.502 e. The number of phenols is 2. The van der Waals surface area contributed by atoms with E-state index in [0.29, 0.717) is 0 Å². The van der Waals surface area contributed by atoms with Crippen molar-refractivity contribution in [2.24, 2.45) is 0 Å². The first-order valence-corrected chi connectivity index (χ1v) is 5.28. The third-order valence-corrected chi connectivity index (χ3v) is 2.16. The zero-order valence-electron chi connectivity index (χ0n) is 10.0. The molecule has 0 aliphatic carbocycles. The Labute approximate surface area is 112 Å². The highest BCUT2D eigenvalue weighted by Crippen LogP contribution is 2.23. The molecule has 0 aromatic heterocycles. The summed E-state index contributed by atoms with van der Waals surface area (Å²) in [5.41, 5.74) is -0.523. The van der Waals surface area contributed by atoms with Crippen LogP contribution in [0.3, 0.4) is 0 Å². The van der Waals surface area contributed by atoms with Crippen LogP contribution < -0.4 is 0 Å². The zero-order valence-corrected chi connectivity index (χ0v) is 10.0. The molecule has 2 aromatic carbocycles. The molecule has 20 heavy (non-hydrogen) atoms. The number of aromatic hydroxyl groups is 2. The summed E-state index contributed by atoms with van der Waals surface area (Å²) in [7, 11) is 0. The van der Waals surface area contributed by atoms with E-state index in [1.54, 1.807) is 0 Å². The van der Waals surface area contributed by atoms with Gasteiger partial charge in [-0.15, -0.1) is 0 Å². The fourth-order valence-electron chi connectivity index (χ4n) is 1.24. The number of phenolic OH excluding ortho intramolecular Hbond substituents is 2. The van der Waals surface area contributed by atoms with E-state index in [1.807, 2.05) is 0 Å². The van der Waals surface area contributed by atoms with Crippen molar-refractivity contribution >= 4 is 11.4 Å². The fraction of sp³-hybridized carbons (Fsp3) is 0. The van der Waals surface area contributed by atoms with Gasteiger partial charge < -0.3 is 10.2 Å². The van der Waals surface area contributed by atoms with Gasteiger partial charge in [-0.2, -0.15) is 0 Å². The second-order valence-electron chi connectivity index (χ2n) is 3.49. The van der Waals surface area contributed by atoms with Crippen molar-refractivity contribution < 1.29 is 20.1 Å². The van der Waals surface area contributed by atoms with E-state index in [9.17, 15) is 20.2 Å². The molecule has 0 amide bonds. The fourth-order valence-corrected chi connectivity index (χ4v) is 1.24. The molecule has 104 valence electrons. The van der Waals surface area contributed by atoms with Gasteiger partial charge >= 0.3 is 11.4 Å². The van der Waals surface area contributed by atoms with Gasteiger partial charge in [0.15, 0.2) is 11.5 Å². The van der Waals surface area contributed by atoms with Crippen LogP contribution in [0.25, 0.3) is 0 Å². The van der Waals surface area contributed by atoms with Crippen LogP contribution >= 0.6 is 0 Å². The SMILES string of the molecule is O=[N+]([O-])c1ccccc1O.O=[N+]([O-])c1ccccc1O. The lowest BCUT2D eigenvalue weighted by Crippen LogP contribution is -1.86. The van der Waals surface area contributed by atoms with E-state index >= 15 is 0 Å². The summed E-state index contributed by atoms with van der Waals surface area (Å²) in [6, 6.07) is 11.1. The highest BCUT2D eigenvalue weighted by atomic mass is 16.6. The van der Waals surface area contributed by atoms with Crippen molar-refractivity contribution in [1.29, 1.82) is 0 Å². The van der Waals surface area contributed by atoms with E-state index in [1.165, 1.54) is 48.5 Å². The number of rotatable bonds is 2. The Morgan fingerprint density at radius 2 is 1.00 bits per heavy atom. The summed E-state index contributed by atoms with van der Waals surface area (Å²) in [6.07, 6.45) is 0. The highest BCUT2D eigenvalue weighted by molar-refractivity contribution is 5.44. The summed E-state index contributed by atoms with van der Waals surface area (Å²) >= 11 is 0. The average Bonchev–Trinajstić information content (AvgIpc) is 2.40. The van der Waals surface area contributed by atoms with Crippen molar-refractivity contribution in [3.05, 3.63) is 68.8 Å². The molecular weight excluding hydrogens is 268 g/mol. The number of hydrogen-bond acceptors (Lipinski definition) is 6. The molecule has 0 saturated carbocycles. The second-order valence-corrected chi connectivity index (χ2v) is 3.49. The first-order chi connectivity index (χ1) is 9.43. The van der Waals surface area contributed by atoms with Crippen LogP contribution in [0.1, 0.15) is 0 Å². The maximum absolute atomic E-state index is 10.1. The minimum Gasteiger partial charge on any atom is -0.502 e. The van der Waals surface area contributed by atoms with Crippen LogP contribution in [-0.4, -0.2) is 20.1 Å². The molecule has 0 bridgehead atoms. The number of para-hydroxylation sites is 4. The number of nitro benzene ring substituents is 2. The first-order valence-electron chi connectivity index (χ1n) is 5.28.